The van der Waals surface area contributed by atoms with Crippen molar-refractivity contribution in [2.24, 2.45) is 5.92 Å². The van der Waals surface area contributed by atoms with E-state index in [4.69, 9.17) is 9.90 Å². The van der Waals surface area contributed by atoms with Gasteiger partial charge < -0.3 is 10.1 Å². The summed E-state index contributed by atoms with van der Waals surface area (Å²) >= 11 is 0. The van der Waals surface area contributed by atoms with Crippen LogP contribution in [0.5, 0.6) is 0 Å². The summed E-state index contributed by atoms with van der Waals surface area (Å²) < 4.78 is 48.7. The molecule has 23 heavy (non-hydrogen) atoms. The zero-order chi connectivity index (χ0) is 17.3. The molecule has 1 aliphatic heterocycles. The number of rotatable bonds is 7. The summed E-state index contributed by atoms with van der Waals surface area (Å²) in [5, 5.41) is 6.89. The minimum Gasteiger partial charge on any atom is -0.483 e. The third-order valence-corrected chi connectivity index (χ3v) is 6.65. The van der Waals surface area contributed by atoms with Crippen LogP contribution < -0.4 is 4.72 Å². The Morgan fingerprint density at radius 2 is 2.17 bits per heavy atom. The normalized spacial score (nSPS) is 19.7. The number of sulfonamides is 1. The van der Waals surface area contributed by atoms with Crippen LogP contribution in [0, 0.1) is 5.92 Å². The van der Waals surface area contributed by atoms with E-state index < -0.39 is 19.9 Å². The van der Waals surface area contributed by atoms with E-state index in [1.54, 1.807) is 12.5 Å². The molecule has 1 saturated heterocycles. The van der Waals surface area contributed by atoms with Crippen molar-refractivity contribution in [3.63, 3.8) is 0 Å². The summed E-state index contributed by atoms with van der Waals surface area (Å²) in [5.41, 5.74) is 0.870. The minimum absolute atomic E-state index is 0.0177. The lowest BCUT2D eigenvalue weighted by atomic mass is 10.1. The van der Waals surface area contributed by atoms with Crippen LogP contribution in [0.2, 0.25) is 0 Å². The largest absolute Gasteiger partial charge is 0.483 e. The van der Waals surface area contributed by atoms with Gasteiger partial charge in [-0.05, 0) is 18.8 Å². The van der Waals surface area contributed by atoms with E-state index in [-0.39, 0.29) is 29.6 Å². The first kappa shape index (κ1) is 19.6. The number of aromatic nitrogens is 2. The first-order chi connectivity index (χ1) is 10.8. The molecule has 0 aliphatic carbocycles. The lowest BCUT2D eigenvalue weighted by Gasteiger charge is -2.09. The van der Waals surface area contributed by atoms with E-state index in [0.717, 1.165) is 5.69 Å². The summed E-state index contributed by atoms with van der Waals surface area (Å²) in [5.74, 6) is 0.266. The first-order valence-corrected chi connectivity index (χ1v) is 10.5. The van der Waals surface area contributed by atoms with Crippen molar-refractivity contribution in [1.82, 2.24) is 14.7 Å². The smallest absolute Gasteiger partial charge is 0.290 e. The molecule has 1 atom stereocenters. The van der Waals surface area contributed by atoms with Gasteiger partial charge in [0.15, 0.2) is 9.84 Å². The van der Waals surface area contributed by atoms with Crippen molar-refractivity contribution in [2.45, 2.75) is 19.3 Å². The quantitative estimate of drug-likeness (QED) is 0.545. The number of nitrogens with zero attached hydrogens (tertiary/aromatic N) is 1. The first-order valence-electron chi connectivity index (χ1n) is 7.01. The molecule has 1 aromatic heterocycles. The van der Waals surface area contributed by atoms with E-state index in [0.29, 0.717) is 25.8 Å². The number of hydrogen-bond donors (Lipinski definition) is 3. The molecule has 1 aromatic rings. The highest BCUT2D eigenvalue weighted by atomic mass is 32.2. The Bertz CT molecular complexity index is 670. The van der Waals surface area contributed by atoms with E-state index in [1.807, 2.05) is 0 Å². The molecule has 0 radical (unpaired) electrons. The molecule has 1 aliphatic rings. The van der Waals surface area contributed by atoms with Gasteiger partial charge in [0, 0.05) is 24.9 Å². The van der Waals surface area contributed by atoms with Gasteiger partial charge in [-0.1, -0.05) is 0 Å². The second-order valence-electron chi connectivity index (χ2n) is 5.20. The third kappa shape index (κ3) is 8.09. The van der Waals surface area contributed by atoms with Crippen molar-refractivity contribution in [3.05, 3.63) is 18.2 Å². The summed E-state index contributed by atoms with van der Waals surface area (Å²) in [6.07, 6.45) is 4.73. The second kappa shape index (κ2) is 8.99. The Kier molecular flexibility index (Phi) is 7.65. The van der Waals surface area contributed by atoms with Gasteiger partial charge in [0.1, 0.15) is 0 Å². The van der Waals surface area contributed by atoms with Gasteiger partial charge in [-0.25, -0.2) is 26.5 Å². The van der Waals surface area contributed by atoms with Crippen LogP contribution in [0.4, 0.5) is 0 Å². The van der Waals surface area contributed by atoms with E-state index >= 15 is 0 Å². The Morgan fingerprint density at radius 3 is 2.70 bits per heavy atom. The van der Waals surface area contributed by atoms with E-state index in [9.17, 15) is 16.8 Å². The predicted octanol–water partition coefficient (Wildman–Crippen LogP) is -0.603. The summed E-state index contributed by atoms with van der Waals surface area (Å²) in [4.78, 5) is 15.1. The fraction of sp³-hybridized carbons (Fsp3) is 0.667. The molecule has 0 amide bonds. The highest BCUT2D eigenvalue weighted by Crippen LogP contribution is 2.21. The molecular weight excluding hydrogens is 346 g/mol. The average Bonchev–Trinajstić information content (AvgIpc) is 3.07. The molecule has 0 bridgehead atoms. The fourth-order valence-electron chi connectivity index (χ4n) is 2.26. The van der Waals surface area contributed by atoms with Crippen LogP contribution in [0.25, 0.3) is 0 Å². The molecule has 3 N–H and O–H groups in total. The lowest BCUT2D eigenvalue weighted by Crippen LogP contribution is -2.29. The maximum atomic E-state index is 11.8. The maximum Gasteiger partial charge on any atom is 0.290 e. The lowest BCUT2D eigenvalue weighted by molar-refractivity contribution is -0.122. The summed E-state index contributed by atoms with van der Waals surface area (Å²) in [7, 11) is -6.27. The Hall–Kier alpha value is -1.46. The maximum absolute atomic E-state index is 11.8. The van der Waals surface area contributed by atoms with Gasteiger partial charge in [0.05, 0.1) is 23.6 Å². The average molecular weight is 367 g/mol. The number of carbonyl (C=O) groups is 1. The zero-order valence-electron chi connectivity index (χ0n) is 12.5. The molecule has 9 nitrogen and oxygen atoms in total. The zero-order valence-corrected chi connectivity index (χ0v) is 14.1. The van der Waals surface area contributed by atoms with Crippen molar-refractivity contribution < 1.29 is 26.7 Å². The molecule has 1 fully saturated rings. The van der Waals surface area contributed by atoms with Crippen molar-refractivity contribution in [1.29, 1.82) is 0 Å². The Morgan fingerprint density at radius 1 is 1.48 bits per heavy atom. The number of nitrogens with one attached hydrogen (secondary N) is 2. The van der Waals surface area contributed by atoms with Crippen LogP contribution in [-0.2, 0) is 31.1 Å². The van der Waals surface area contributed by atoms with Crippen LogP contribution in [0.3, 0.4) is 0 Å². The Labute approximate surface area is 135 Å². The van der Waals surface area contributed by atoms with E-state index in [2.05, 4.69) is 14.7 Å². The number of hydrogen-bond acceptors (Lipinski definition) is 6. The topological polar surface area (TPSA) is 146 Å². The highest BCUT2D eigenvalue weighted by Gasteiger charge is 2.28. The predicted molar refractivity (Wildman–Crippen MR) is 84.2 cm³/mol. The van der Waals surface area contributed by atoms with Crippen molar-refractivity contribution in [2.75, 3.05) is 23.8 Å². The SMILES string of the molecule is O=CO.O=S1(=O)CCC(CCS(=O)(=O)NCCc2cnc[nH]2)C1. The summed E-state index contributed by atoms with van der Waals surface area (Å²) in [6, 6.07) is 0. The fourth-order valence-corrected chi connectivity index (χ4v) is 5.37. The molecule has 2 rings (SSSR count). The van der Waals surface area contributed by atoms with Gasteiger partial charge in [0.2, 0.25) is 10.0 Å². The standard InChI is InChI=1S/C11H19N3O4S2.CH2O2/c15-19(16)5-2-10(8-19)3-6-20(17,18)14-4-1-11-7-12-9-13-11;2-1-3/h7,9-10,14H,1-6,8H2,(H,12,13);1H,(H,2,3). The number of carboxylic acid groups (broad SMARTS) is 1. The van der Waals surface area contributed by atoms with Gasteiger partial charge in [-0.2, -0.15) is 0 Å². The molecule has 0 spiro atoms. The molecule has 2 heterocycles. The van der Waals surface area contributed by atoms with Gasteiger partial charge in [-0.15, -0.1) is 0 Å². The van der Waals surface area contributed by atoms with Crippen LogP contribution in [-0.4, -0.2) is 62.2 Å². The minimum atomic E-state index is -3.34. The molecule has 132 valence electrons. The van der Waals surface area contributed by atoms with Crippen molar-refractivity contribution in [3.8, 4) is 0 Å². The number of imidazole rings is 1. The third-order valence-electron chi connectivity index (χ3n) is 3.39. The van der Waals surface area contributed by atoms with Gasteiger partial charge in [0.25, 0.3) is 6.47 Å². The second-order valence-corrected chi connectivity index (χ2v) is 9.36. The number of H-pyrrole nitrogens is 1. The van der Waals surface area contributed by atoms with E-state index in [1.165, 1.54) is 0 Å². The number of aromatic amines is 1. The monoisotopic (exact) mass is 367 g/mol. The molecule has 0 saturated carbocycles. The summed E-state index contributed by atoms with van der Waals surface area (Å²) in [6.45, 7) is 0.0630. The number of sulfone groups is 1. The van der Waals surface area contributed by atoms with Crippen LogP contribution in [0.1, 0.15) is 18.5 Å². The molecule has 1 unspecified atom stereocenters. The highest BCUT2D eigenvalue weighted by molar-refractivity contribution is 7.91. The van der Waals surface area contributed by atoms with Crippen LogP contribution >= 0.6 is 0 Å². The van der Waals surface area contributed by atoms with Crippen molar-refractivity contribution >= 4 is 26.3 Å². The molecule has 0 aromatic carbocycles. The van der Waals surface area contributed by atoms with Crippen LogP contribution in [0.15, 0.2) is 12.5 Å². The Balaban J connectivity index is 0.000000816. The molecular formula is C12H21N3O6S2. The molecule has 11 heteroatoms. The van der Waals surface area contributed by atoms with Gasteiger partial charge >= 0.3 is 0 Å². The van der Waals surface area contributed by atoms with Gasteiger partial charge in [-0.3, -0.25) is 4.79 Å².